The van der Waals surface area contributed by atoms with Crippen molar-refractivity contribution in [1.82, 2.24) is 5.32 Å². The maximum atomic E-state index is 14.1. The van der Waals surface area contributed by atoms with Gasteiger partial charge in [-0.05, 0) is 49.7 Å². The van der Waals surface area contributed by atoms with Crippen LogP contribution >= 0.6 is 11.6 Å². The molecule has 4 heteroatoms. The van der Waals surface area contributed by atoms with Crippen molar-refractivity contribution in [2.24, 2.45) is 0 Å². The predicted octanol–water partition coefficient (Wildman–Crippen LogP) is 4.54. The summed E-state index contributed by atoms with van der Waals surface area (Å²) in [4.78, 5) is 0. The fourth-order valence-electron chi connectivity index (χ4n) is 2.32. The zero-order chi connectivity index (χ0) is 14.9. The minimum Gasteiger partial charge on any atom is -0.309 e. The second-order valence-electron chi connectivity index (χ2n) is 4.80. The van der Waals surface area contributed by atoms with Crippen molar-refractivity contribution in [3.05, 3.63) is 69.2 Å². The third kappa shape index (κ3) is 2.69. The summed E-state index contributed by atoms with van der Waals surface area (Å²) in [6.07, 6.45) is 0. The van der Waals surface area contributed by atoms with Gasteiger partial charge in [0.1, 0.15) is 11.6 Å². The SMILES string of the molecule is CNC(c1cc(F)c(Cl)cc1F)c1cccc(C)c1C. The first-order valence-corrected chi connectivity index (χ1v) is 6.71. The van der Waals surface area contributed by atoms with Crippen molar-refractivity contribution in [3.8, 4) is 0 Å². The average molecular weight is 296 g/mol. The van der Waals surface area contributed by atoms with Gasteiger partial charge in [-0.1, -0.05) is 29.8 Å². The lowest BCUT2D eigenvalue weighted by molar-refractivity contribution is 0.557. The van der Waals surface area contributed by atoms with E-state index in [9.17, 15) is 8.78 Å². The van der Waals surface area contributed by atoms with Gasteiger partial charge in [-0.15, -0.1) is 0 Å². The Balaban J connectivity index is 2.58. The molecule has 0 aliphatic heterocycles. The Morgan fingerprint density at radius 2 is 1.75 bits per heavy atom. The van der Waals surface area contributed by atoms with Gasteiger partial charge in [-0.25, -0.2) is 8.78 Å². The monoisotopic (exact) mass is 295 g/mol. The molecule has 2 aromatic rings. The molecule has 0 spiro atoms. The van der Waals surface area contributed by atoms with Crippen molar-refractivity contribution in [1.29, 1.82) is 0 Å². The van der Waals surface area contributed by atoms with Gasteiger partial charge in [0.2, 0.25) is 0 Å². The fourth-order valence-corrected chi connectivity index (χ4v) is 2.47. The average Bonchev–Trinajstić information content (AvgIpc) is 2.41. The molecule has 0 fully saturated rings. The Hall–Kier alpha value is -1.45. The summed E-state index contributed by atoms with van der Waals surface area (Å²) in [5.74, 6) is -1.13. The number of nitrogens with one attached hydrogen (secondary N) is 1. The van der Waals surface area contributed by atoms with E-state index in [0.29, 0.717) is 0 Å². The van der Waals surface area contributed by atoms with Gasteiger partial charge >= 0.3 is 0 Å². The van der Waals surface area contributed by atoms with E-state index in [1.165, 1.54) is 0 Å². The van der Waals surface area contributed by atoms with Gasteiger partial charge in [-0.2, -0.15) is 0 Å². The molecule has 0 saturated heterocycles. The van der Waals surface area contributed by atoms with Crippen LogP contribution in [0.15, 0.2) is 30.3 Å². The Bertz CT molecular complexity index is 641. The van der Waals surface area contributed by atoms with Crippen LogP contribution in [0.3, 0.4) is 0 Å². The van der Waals surface area contributed by atoms with Gasteiger partial charge in [0.05, 0.1) is 11.1 Å². The highest BCUT2D eigenvalue weighted by molar-refractivity contribution is 6.30. The standard InChI is InChI=1S/C16H16ClF2N/c1-9-5-4-6-11(10(9)2)16(20-3)12-7-15(19)13(17)8-14(12)18/h4-8,16,20H,1-3H3. The van der Waals surface area contributed by atoms with Crippen molar-refractivity contribution in [2.75, 3.05) is 7.05 Å². The summed E-state index contributed by atoms with van der Waals surface area (Å²) < 4.78 is 27.7. The molecular weight excluding hydrogens is 280 g/mol. The Kier molecular flexibility index (Phi) is 4.41. The minimum atomic E-state index is -0.617. The van der Waals surface area contributed by atoms with Crippen molar-refractivity contribution in [2.45, 2.75) is 19.9 Å². The molecule has 1 nitrogen and oxygen atoms in total. The largest absolute Gasteiger partial charge is 0.309 e. The normalized spacial score (nSPS) is 12.5. The molecule has 0 saturated carbocycles. The third-order valence-corrected chi connectivity index (χ3v) is 3.89. The molecule has 0 bridgehead atoms. The van der Waals surface area contributed by atoms with E-state index < -0.39 is 17.7 Å². The highest BCUT2D eigenvalue weighted by atomic mass is 35.5. The van der Waals surface area contributed by atoms with Crippen LogP contribution in [0, 0.1) is 25.5 Å². The van der Waals surface area contributed by atoms with Crippen LogP contribution in [0.5, 0.6) is 0 Å². The molecule has 0 heterocycles. The first-order valence-electron chi connectivity index (χ1n) is 6.33. The number of hydrogen-bond donors (Lipinski definition) is 1. The van der Waals surface area contributed by atoms with E-state index in [-0.39, 0.29) is 10.6 Å². The van der Waals surface area contributed by atoms with Crippen molar-refractivity contribution >= 4 is 11.6 Å². The Labute approximate surface area is 122 Å². The summed E-state index contributed by atoms with van der Waals surface area (Å²) >= 11 is 5.60. The molecular formula is C16H16ClF2N. The van der Waals surface area contributed by atoms with Crippen LogP contribution in [-0.2, 0) is 0 Å². The van der Waals surface area contributed by atoms with Gasteiger partial charge in [0.25, 0.3) is 0 Å². The quantitative estimate of drug-likeness (QED) is 0.820. The molecule has 0 aromatic heterocycles. The van der Waals surface area contributed by atoms with Crippen molar-refractivity contribution < 1.29 is 8.78 Å². The van der Waals surface area contributed by atoms with E-state index in [4.69, 9.17) is 11.6 Å². The third-order valence-electron chi connectivity index (χ3n) is 3.60. The maximum absolute atomic E-state index is 14.1. The van der Waals surface area contributed by atoms with E-state index in [0.717, 1.165) is 28.8 Å². The second-order valence-corrected chi connectivity index (χ2v) is 5.21. The van der Waals surface area contributed by atoms with E-state index in [1.807, 2.05) is 32.0 Å². The van der Waals surface area contributed by atoms with Crippen LogP contribution in [0.4, 0.5) is 8.78 Å². The Morgan fingerprint density at radius 3 is 2.40 bits per heavy atom. The zero-order valence-electron chi connectivity index (χ0n) is 11.6. The predicted molar refractivity (Wildman–Crippen MR) is 78.2 cm³/mol. The first kappa shape index (κ1) is 14.9. The first-order chi connectivity index (χ1) is 9.45. The number of aryl methyl sites for hydroxylation is 1. The highest BCUT2D eigenvalue weighted by Gasteiger charge is 2.20. The second kappa shape index (κ2) is 5.90. The molecule has 2 rings (SSSR count). The summed E-state index contributed by atoms with van der Waals surface area (Å²) in [5.41, 5.74) is 3.34. The molecule has 1 unspecified atom stereocenters. The van der Waals surface area contributed by atoms with E-state index >= 15 is 0 Å². The minimum absolute atomic E-state index is 0.206. The molecule has 106 valence electrons. The molecule has 0 amide bonds. The summed E-state index contributed by atoms with van der Waals surface area (Å²) in [6.45, 7) is 3.96. The molecule has 1 N–H and O–H groups in total. The van der Waals surface area contributed by atoms with Gasteiger partial charge in [-0.3, -0.25) is 0 Å². The summed E-state index contributed by atoms with van der Waals surface area (Å²) in [5, 5.41) is 2.83. The number of rotatable bonds is 3. The lowest BCUT2D eigenvalue weighted by Gasteiger charge is -2.21. The zero-order valence-corrected chi connectivity index (χ0v) is 12.4. The van der Waals surface area contributed by atoms with Gasteiger partial charge in [0, 0.05) is 5.56 Å². The summed E-state index contributed by atoms with van der Waals surface area (Å²) in [7, 11) is 1.72. The topological polar surface area (TPSA) is 12.0 Å². The van der Waals surface area contributed by atoms with Crippen LogP contribution in [-0.4, -0.2) is 7.05 Å². The maximum Gasteiger partial charge on any atom is 0.142 e. The fraction of sp³-hybridized carbons (Fsp3) is 0.250. The molecule has 0 aliphatic carbocycles. The number of hydrogen-bond acceptors (Lipinski definition) is 1. The van der Waals surface area contributed by atoms with E-state index in [2.05, 4.69) is 5.32 Å². The number of benzene rings is 2. The van der Waals surface area contributed by atoms with Crippen LogP contribution in [0.25, 0.3) is 0 Å². The van der Waals surface area contributed by atoms with Gasteiger partial charge < -0.3 is 5.32 Å². The number of halogens is 3. The smallest absolute Gasteiger partial charge is 0.142 e. The molecule has 2 aromatic carbocycles. The lowest BCUT2D eigenvalue weighted by Crippen LogP contribution is -2.20. The van der Waals surface area contributed by atoms with E-state index in [1.54, 1.807) is 7.05 Å². The molecule has 0 aliphatic rings. The van der Waals surface area contributed by atoms with Gasteiger partial charge in [0.15, 0.2) is 0 Å². The molecule has 0 radical (unpaired) electrons. The van der Waals surface area contributed by atoms with Crippen LogP contribution < -0.4 is 5.32 Å². The summed E-state index contributed by atoms with van der Waals surface area (Å²) in [6, 6.07) is 7.57. The van der Waals surface area contributed by atoms with Crippen LogP contribution in [0.2, 0.25) is 5.02 Å². The molecule has 1 atom stereocenters. The Morgan fingerprint density at radius 1 is 1.05 bits per heavy atom. The van der Waals surface area contributed by atoms with Crippen LogP contribution in [0.1, 0.15) is 28.3 Å². The highest BCUT2D eigenvalue weighted by Crippen LogP contribution is 2.30. The molecule has 20 heavy (non-hydrogen) atoms. The lowest BCUT2D eigenvalue weighted by atomic mass is 9.92. The van der Waals surface area contributed by atoms with Crippen molar-refractivity contribution in [3.63, 3.8) is 0 Å².